The lowest BCUT2D eigenvalue weighted by Crippen LogP contribution is -2.05. The predicted octanol–water partition coefficient (Wildman–Crippen LogP) is 5.08. The van der Waals surface area contributed by atoms with Crippen molar-refractivity contribution in [3.05, 3.63) is 51.5 Å². The Morgan fingerprint density at radius 2 is 1.43 bits per heavy atom. The van der Waals surface area contributed by atoms with Gasteiger partial charge in [-0.2, -0.15) is 0 Å². The van der Waals surface area contributed by atoms with Crippen molar-refractivity contribution < 1.29 is 9.47 Å². The van der Waals surface area contributed by atoms with Crippen molar-refractivity contribution in [3.8, 4) is 11.5 Å². The fraction of sp³-hybridized carbons (Fsp3) is 0.200. The van der Waals surface area contributed by atoms with Crippen LogP contribution in [-0.4, -0.2) is 13.2 Å². The van der Waals surface area contributed by atoms with Crippen LogP contribution in [0.25, 0.3) is 0 Å². The molecular formula is C15H14Cl3NO2. The lowest BCUT2D eigenvalue weighted by Gasteiger charge is -2.10. The third-order valence-electron chi connectivity index (χ3n) is 2.67. The quantitative estimate of drug-likeness (QED) is 0.451. The van der Waals surface area contributed by atoms with E-state index >= 15 is 0 Å². The molecule has 0 amide bonds. The van der Waals surface area contributed by atoms with Gasteiger partial charge in [-0.1, -0.05) is 34.8 Å². The number of nitrogen functional groups attached to an aromatic ring is 1. The summed E-state index contributed by atoms with van der Waals surface area (Å²) in [5.41, 5.74) is 6.30. The van der Waals surface area contributed by atoms with E-state index in [0.29, 0.717) is 46.1 Å². The Kier molecular flexibility index (Phi) is 5.85. The van der Waals surface area contributed by atoms with E-state index < -0.39 is 0 Å². The molecule has 6 heteroatoms. The zero-order valence-corrected chi connectivity index (χ0v) is 13.4. The minimum absolute atomic E-state index is 0.403. The van der Waals surface area contributed by atoms with E-state index in [9.17, 15) is 0 Å². The lowest BCUT2D eigenvalue weighted by atomic mass is 10.3. The molecule has 0 aliphatic heterocycles. The second-order valence-electron chi connectivity index (χ2n) is 4.32. The molecule has 0 saturated heterocycles. The van der Waals surface area contributed by atoms with Gasteiger partial charge >= 0.3 is 0 Å². The Balaban J connectivity index is 1.75. The number of hydrogen-bond donors (Lipinski definition) is 1. The molecule has 0 saturated carbocycles. The van der Waals surface area contributed by atoms with Gasteiger partial charge in [0.1, 0.15) is 11.5 Å². The van der Waals surface area contributed by atoms with Gasteiger partial charge < -0.3 is 15.2 Å². The second-order valence-corrected chi connectivity index (χ2v) is 5.54. The summed E-state index contributed by atoms with van der Waals surface area (Å²) in [5.74, 6) is 1.29. The van der Waals surface area contributed by atoms with Crippen LogP contribution in [-0.2, 0) is 0 Å². The molecule has 2 aromatic carbocycles. The lowest BCUT2D eigenvalue weighted by molar-refractivity contribution is 0.247. The van der Waals surface area contributed by atoms with Crippen LogP contribution in [0.1, 0.15) is 6.42 Å². The van der Waals surface area contributed by atoms with Crippen molar-refractivity contribution in [1.29, 1.82) is 0 Å². The van der Waals surface area contributed by atoms with Crippen LogP contribution >= 0.6 is 34.8 Å². The van der Waals surface area contributed by atoms with Crippen molar-refractivity contribution in [1.82, 2.24) is 0 Å². The normalized spacial score (nSPS) is 10.4. The zero-order chi connectivity index (χ0) is 15.2. The van der Waals surface area contributed by atoms with E-state index in [2.05, 4.69) is 0 Å². The minimum atomic E-state index is 0.403. The summed E-state index contributed by atoms with van der Waals surface area (Å²) in [6.45, 7) is 0.996. The highest BCUT2D eigenvalue weighted by Gasteiger charge is 2.06. The van der Waals surface area contributed by atoms with Crippen LogP contribution < -0.4 is 15.2 Å². The van der Waals surface area contributed by atoms with E-state index in [1.165, 1.54) is 0 Å². The molecule has 0 heterocycles. The molecule has 2 N–H and O–H groups in total. The van der Waals surface area contributed by atoms with Gasteiger partial charge in [0, 0.05) is 18.2 Å². The summed E-state index contributed by atoms with van der Waals surface area (Å²) in [7, 11) is 0. The van der Waals surface area contributed by atoms with Gasteiger partial charge in [-0.25, -0.2) is 0 Å². The Morgan fingerprint density at radius 1 is 0.810 bits per heavy atom. The zero-order valence-electron chi connectivity index (χ0n) is 11.1. The summed E-state index contributed by atoms with van der Waals surface area (Å²) in [6.07, 6.45) is 0.709. The molecule has 0 aromatic heterocycles. The number of halogens is 3. The van der Waals surface area contributed by atoms with Gasteiger partial charge in [-0.05, 0) is 30.3 Å². The third kappa shape index (κ3) is 4.88. The van der Waals surface area contributed by atoms with Crippen LogP contribution in [0.3, 0.4) is 0 Å². The summed E-state index contributed by atoms with van der Waals surface area (Å²) in [6, 6.07) is 10.4. The molecule has 0 bridgehead atoms. The Morgan fingerprint density at radius 3 is 2.14 bits per heavy atom. The molecular weight excluding hydrogens is 333 g/mol. The van der Waals surface area contributed by atoms with Crippen LogP contribution in [0.5, 0.6) is 11.5 Å². The first kappa shape index (κ1) is 16.1. The average Bonchev–Trinajstić information content (AvgIpc) is 2.46. The number of anilines is 1. The van der Waals surface area contributed by atoms with Crippen LogP contribution in [0.15, 0.2) is 36.4 Å². The van der Waals surface area contributed by atoms with Gasteiger partial charge in [0.2, 0.25) is 0 Å². The summed E-state index contributed by atoms with van der Waals surface area (Å²) >= 11 is 17.8. The van der Waals surface area contributed by atoms with Crippen molar-refractivity contribution in [3.63, 3.8) is 0 Å². The van der Waals surface area contributed by atoms with Crippen molar-refractivity contribution >= 4 is 40.5 Å². The molecule has 3 nitrogen and oxygen atoms in total. The summed E-state index contributed by atoms with van der Waals surface area (Å²) < 4.78 is 11.1. The number of hydrogen-bond acceptors (Lipinski definition) is 3. The van der Waals surface area contributed by atoms with E-state index in [4.69, 9.17) is 50.0 Å². The molecule has 2 aromatic rings. The SMILES string of the molecule is Nc1ccc(OCCCOc2cc(Cl)c(Cl)cc2Cl)cc1. The van der Waals surface area contributed by atoms with Gasteiger partial charge in [0.25, 0.3) is 0 Å². The average molecular weight is 347 g/mol. The van der Waals surface area contributed by atoms with Gasteiger partial charge in [-0.15, -0.1) is 0 Å². The summed E-state index contributed by atoms with van der Waals surface area (Å²) in [5, 5.41) is 1.25. The molecule has 0 fully saturated rings. The molecule has 21 heavy (non-hydrogen) atoms. The molecule has 112 valence electrons. The molecule has 0 spiro atoms. The largest absolute Gasteiger partial charge is 0.493 e. The Hall–Kier alpha value is -1.29. The molecule has 0 radical (unpaired) electrons. The number of nitrogens with two attached hydrogens (primary N) is 1. The van der Waals surface area contributed by atoms with Crippen LogP contribution in [0, 0.1) is 0 Å². The summed E-state index contributed by atoms with van der Waals surface area (Å²) in [4.78, 5) is 0. The Bertz CT molecular complexity index is 603. The first-order chi connectivity index (χ1) is 10.1. The van der Waals surface area contributed by atoms with Crippen molar-refractivity contribution in [2.45, 2.75) is 6.42 Å². The van der Waals surface area contributed by atoms with E-state index in [1.54, 1.807) is 24.3 Å². The first-order valence-electron chi connectivity index (χ1n) is 6.32. The highest BCUT2D eigenvalue weighted by molar-refractivity contribution is 6.43. The van der Waals surface area contributed by atoms with E-state index in [-0.39, 0.29) is 0 Å². The van der Waals surface area contributed by atoms with E-state index in [1.807, 2.05) is 12.1 Å². The fourth-order valence-corrected chi connectivity index (χ4v) is 2.20. The van der Waals surface area contributed by atoms with Crippen molar-refractivity contribution in [2.75, 3.05) is 18.9 Å². The monoisotopic (exact) mass is 345 g/mol. The third-order valence-corrected chi connectivity index (χ3v) is 3.69. The smallest absolute Gasteiger partial charge is 0.139 e. The Labute approximate surface area is 138 Å². The number of rotatable bonds is 6. The van der Waals surface area contributed by atoms with Gasteiger partial charge in [0.15, 0.2) is 0 Å². The standard InChI is InChI=1S/C15H14Cl3NO2/c16-12-8-14(18)15(9-13(12)17)21-7-1-6-20-11-4-2-10(19)3-5-11/h2-5,8-9H,1,6-7,19H2. The number of ether oxygens (including phenoxy) is 2. The maximum atomic E-state index is 6.01. The second kappa shape index (κ2) is 7.64. The topological polar surface area (TPSA) is 44.5 Å². The molecule has 0 unspecified atom stereocenters. The maximum absolute atomic E-state index is 6.01. The van der Waals surface area contributed by atoms with Gasteiger partial charge in [-0.3, -0.25) is 0 Å². The minimum Gasteiger partial charge on any atom is -0.493 e. The fourth-order valence-electron chi connectivity index (χ4n) is 1.61. The first-order valence-corrected chi connectivity index (χ1v) is 7.45. The maximum Gasteiger partial charge on any atom is 0.139 e. The molecule has 2 rings (SSSR count). The van der Waals surface area contributed by atoms with E-state index in [0.717, 1.165) is 5.75 Å². The molecule has 0 aliphatic rings. The van der Waals surface area contributed by atoms with Crippen molar-refractivity contribution in [2.24, 2.45) is 0 Å². The predicted molar refractivity (Wildman–Crippen MR) is 87.9 cm³/mol. The van der Waals surface area contributed by atoms with Crippen LogP contribution in [0.2, 0.25) is 15.1 Å². The molecule has 0 aliphatic carbocycles. The highest BCUT2D eigenvalue weighted by Crippen LogP contribution is 2.33. The highest BCUT2D eigenvalue weighted by atomic mass is 35.5. The van der Waals surface area contributed by atoms with Crippen LogP contribution in [0.4, 0.5) is 5.69 Å². The molecule has 0 atom stereocenters. The number of benzene rings is 2. The van der Waals surface area contributed by atoms with Gasteiger partial charge in [0.05, 0.1) is 28.3 Å².